The van der Waals surface area contributed by atoms with Crippen LogP contribution in [0.15, 0.2) is 29.2 Å². The van der Waals surface area contributed by atoms with Crippen molar-refractivity contribution in [2.24, 2.45) is 5.92 Å². The Bertz CT molecular complexity index is 670. The van der Waals surface area contributed by atoms with Crippen LogP contribution < -0.4 is 10.0 Å². The lowest BCUT2D eigenvalue weighted by atomic mass is 10.1. The molecule has 0 bridgehead atoms. The SMILES string of the molecule is CCCCN(C)C(=O)c1ccccc1S(=O)(=O)NCCC1CCNC1. The number of hydrogen-bond acceptors (Lipinski definition) is 4. The highest BCUT2D eigenvalue weighted by Crippen LogP contribution is 2.18. The van der Waals surface area contributed by atoms with Crippen LogP contribution in [-0.4, -0.2) is 52.5 Å². The van der Waals surface area contributed by atoms with Crippen molar-refractivity contribution in [2.75, 3.05) is 33.2 Å². The molecular weight excluding hydrogens is 338 g/mol. The number of benzene rings is 1. The first-order chi connectivity index (χ1) is 12.0. The number of nitrogens with one attached hydrogen (secondary N) is 2. The Morgan fingerprint density at radius 3 is 2.80 bits per heavy atom. The zero-order chi connectivity index (χ0) is 18.3. The Morgan fingerprint density at radius 2 is 2.12 bits per heavy atom. The third-order valence-electron chi connectivity index (χ3n) is 4.61. The molecule has 2 N–H and O–H groups in total. The molecule has 1 aromatic rings. The van der Waals surface area contributed by atoms with E-state index in [9.17, 15) is 13.2 Å². The van der Waals surface area contributed by atoms with Gasteiger partial charge in [0, 0.05) is 20.1 Å². The van der Waals surface area contributed by atoms with Gasteiger partial charge in [-0.1, -0.05) is 25.5 Å². The van der Waals surface area contributed by atoms with Crippen LogP contribution in [0.4, 0.5) is 0 Å². The number of nitrogens with zero attached hydrogens (tertiary/aromatic N) is 1. The predicted octanol–water partition coefficient (Wildman–Crippen LogP) is 1.84. The summed E-state index contributed by atoms with van der Waals surface area (Å²) in [6.45, 7) is 5.01. The molecule has 0 saturated carbocycles. The lowest BCUT2D eigenvalue weighted by molar-refractivity contribution is 0.0789. The summed E-state index contributed by atoms with van der Waals surface area (Å²) in [4.78, 5) is 14.3. The summed E-state index contributed by atoms with van der Waals surface area (Å²) >= 11 is 0. The molecule has 0 aliphatic carbocycles. The predicted molar refractivity (Wildman–Crippen MR) is 99.1 cm³/mol. The van der Waals surface area contributed by atoms with Crippen LogP contribution in [0.1, 0.15) is 43.0 Å². The van der Waals surface area contributed by atoms with Crippen LogP contribution in [-0.2, 0) is 10.0 Å². The van der Waals surface area contributed by atoms with Gasteiger partial charge in [0.25, 0.3) is 5.91 Å². The first-order valence-electron chi connectivity index (χ1n) is 9.00. The summed E-state index contributed by atoms with van der Waals surface area (Å²) in [6, 6.07) is 6.43. The van der Waals surface area contributed by atoms with E-state index in [1.807, 2.05) is 0 Å². The molecule has 1 aromatic carbocycles. The molecular formula is C18H29N3O3S. The second-order valence-corrected chi connectivity index (χ2v) is 8.36. The minimum absolute atomic E-state index is 0.0629. The maximum absolute atomic E-state index is 12.7. The molecule has 25 heavy (non-hydrogen) atoms. The van der Waals surface area contributed by atoms with Gasteiger partial charge >= 0.3 is 0 Å². The van der Waals surface area contributed by atoms with Crippen molar-refractivity contribution in [2.45, 2.75) is 37.5 Å². The second-order valence-electron chi connectivity index (χ2n) is 6.62. The summed E-state index contributed by atoms with van der Waals surface area (Å²) in [6.07, 6.45) is 3.76. The van der Waals surface area contributed by atoms with E-state index >= 15 is 0 Å². The molecule has 1 atom stereocenters. The van der Waals surface area contributed by atoms with Gasteiger partial charge in [0.05, 0.1) is 10.5 Å². The van der Waals surface area contributed by atoms with Crippen molar-refractivity contribution in [1.82, 2.24) is 14.9 Å². The number of sulfonamides is 1. The monoisotopic (exact) mass is 367 g/mol. The molecule has 1 aliphatic heterocycles. The van der Waals surface area contributed by atoms with E-state index in [-0.39, 0.29) is 16.4 Å². The van der Waals surface area contributed by atoms with Gasteiger partial charge in [0.1, 0.15) is 0 Å². The van der Waals surface area contributed by atoms with Gasteiger partial charge in [0.15, 0.2) is 0 Å². The van der Waals surface area contributed by atoms with E-state index in [0.29, 0.717) is 19.0 Å². The van der Waals surface area contributed by atoms with Crippen molar-refractivity contribution in [3.8, 4) is 0 Å². The molecule has 1 unspecified atom stereocenters. The Kier molecular flexibility index (Phi) is 7.40. The summed E-state index contributed by atoms with van der Waals surface area (Å²) in [5.41, 5.74) is 0.233. The number of hydrogen-bond donors (Lipinski definition) is 2. The standard InChI is InChI=1S/C18H29N3O3S/c1-3-4-13-21(2)18(22)16-7-5-6-8-17(16)25(23,24)20-12-10-15-9-11-19-14-15/h5-8,15,19-20H,3-4,9-14H2,1-2H3. The maximum Gasteiger partial charge on any atom is 0.254 e. The van der Waals surface area contributed by atoms with Crippen LogP contribution >= 0.6 is 0 Å². The molecule has 0 spiro atoms. The van der Waals surface area contributed by atoms with Crippen molar-refractivity contribution >= 4 is 15.9 Å². The van der Waals surface area contributed by atoms with Crippen LogP contribution in [0.25, 0.3) is 0 Å². The molecule has 6 nitrogen and oxygen atoms in total. The van der Waals surface area contributed by atoms with Gasteiger partial charge in [-0.25, -0.2) is 13.1 Å². The largest absolute Gasteiger partial charge is 0.342 e. The summed E-state index contributed by atoms with van der Waals surface area (Å²) in [7, 11) is -1.99. The van der Waals surface area contributed by atoms with Gasteiger partial charge in [0.2, 0.25) is 10.0 Å². The molecule has 1 heterocycles. The highest BCUT2D eigenvalue weighted by molar-refractivity contribution is 7.89. The topological polar surface area (TPSA) is 78.5 Å². The fourth-order valence-electron chi connectivity index (χ4n) is 3.02. The van der Waals surface area contributed by atoms with Gasteiger partial charge in [-0.05, 0) is 50.4 Å². The first kappa shape index (κ1) is 19.9. The Hall–Kier alpha value is -1.44. The molecule has 1 fully saturated rings. The molecule has 0 aromatic heterocycles. The molecule has 140 valence electrons. The number of amides is 1. The number of carbonyl (C=O) groups is 1. The fourth-order valence-corrected chi connectivity index (χ4v) is 4.26. The molecule has 1 saturated heterocycles. The highest BCUT2D eigenvalue weighted by Gasteiger charge is 2.24. The quantitative estimate of drug-likeness (QED) is 0.698. The third kappa shape index (κ3) is 5.52. The van der Waals surface area contributed by atoms with Gasteiger partial charge in [-0.15, -0.1) is 0 Å². The molecule has 1 aliphatic rings. The van der Waals surface area contributed by atoms with Crippen LogP contribution in [0.2, 0.25) is 0 Å². The zero-order valence-corrected chi connectivity index (χ0v) is 15.9. The Labute approximate surface area is 151 Å². The normalized spacial score (nSPS) is 17.6. The van der Waals surface area contributed by atoms with E-state index in [0.717, 1.165) is 38.8 Å². The van der Waals surface area contributed by atoms with Crippen LogP contribution in [0.3, 0.4) is 0 Å². The lowest BCUT2D eigenvalue weighted by Gasteiger charge is -2.19. The average molecular weight is 368 g/mol. The second kappa shape index (κ2) is 9.31. The third-order valence-corrected chi connectivity index (χ3v) is 6.13. The smallest absolute Gasteiger partial charge is 0.254 e. The van der Waals surface area contributed by atoms with E-state index in [1.54, 1.807) is 30.1 Å². The molecule has 0 radical (unpaired) electrons. The van der Waals surface area contributed by atoms with Gasteiger partial charge in [-0.2, -0.15) is 0 Å². The summed E-state index contributed by atoms with van der Waals surface area (Å²) < 4.78 is 28.0. The van der Waals surface area contributed by atoms with E-state index in [1.165, 1.54) is 6.07 Å². The minimum Gasteiger partial charge on any atom is -0.342 e. The summed E-state index contributed by atoms with van der Waals surface area (Å²) in [5, 5.41) is 3.28. The molecule has 2 rings (SSSR count). The van der Waals surface area contributed by atoms with E-state index in [2.05, 4.69) is 17.0 Å². The number of unbranched alkanes of at least 4 members (excludes halogenated alkanes) is 1. The van der Waals surface area contributed by atoms with Crippen LogP contribution in [0.5, 0.6) is 0 Å². The van der Waals surface area contributed by atoms with Gasteiger partial charge < -0.3 is 10.2 Å². The first-order valence-corrected chi connectivity index (χ1v) is 10.5. The van der Waals surface area contributed by atoms with E-state index < -0.39 is 10.0 Å². The Morgan fingerprint density at radius 1 is 1.36 bits per heavy atom. The Balaban J connectivity index is 2.07. The van der Waals surface area contributed by atoms with Gasteiger partial charge in [-0.3, -0.25) is 4.79 Å². The van der Waals surface area contributed by atoms with Crippen LogP contribution in [0, 0.1) is 5.92 Å². The fraction of sp³-hybridized carbons (Fsp3) is 0.611. The minimum atomic E-state index is -3.70. The zero-order valence-electron chi connectivity index (χ0n) is 15.1. The molecule has 1 amide bonds. The van der Waals surface area contributed by atoms with Crippen molar-refractivity contribution in [1.29, 1.82) is 0 Å². The lowest BCUT2D eigenvalue weighted by Crippen LogP contribution is -2.32. The average Bonchev–Trinajstić information content (AvgIpc) is 3.12. The van der Waals surface area contributed by atoms with Crippen molar-refractivity contribution < 1.29 is 13.2 Å². The molecule has 7 heteroatoms. The maximum atomic E-state index is 12.7. The van der Waals surface area contributed by atoms with E-state index in [4.69, 9.17) is 0 Å². The van der Waals surface area contributed by atoms with Crippen molar-refractivity contribution in [3.63, 3.8) is 0 Å². The van der Waals surface area contributed by atoms with Crippen molar-refractivity contribution in [3.05, 3.63) is 29.8 Å². The summed E-state index contributed by atoms with van der Waals surface area (Å²) in [5.74, 6) is 0.258. The highest BCUT2D eigenvalue weighted by atomic mass is 32.2. The number of rotatable bonds is 9. The number of carbonyl (C=O) groups excluding carboxylic acids is 1.